The van der Waals surface area contributed by atoms with Crippen molar-refractivity contribution in [3.05, 3.63) is 53.6 Å². The molecule has 2 aromatic carbocycles. The topological polar surface area (TPSA) is 102 Å². The molecule has 2 aromatic rings. The van der Waals surface area contributed by atoms with Gasteiger partial charge in [0, 0.05) is 31.3 Å². The third kappa shape index (κ3) is 5.82. The summed E-state index contributed by atoms with van der Waals surface area (Å²) in [5.74, 6) is 0.0799. The van der Waals surface area contributed by atoms with Gasteiger partial charge in [0.05, 0.1) is 26.2 Å². The lowest BCUT2D eigenvalue weighted by molar-refractivity contribution is -0.141. The SMILES string of the molecule is COC(=O)CN(Cc1cc(OC)cc(OC)c1)C(=O)c1ccc(S(=O)(=O)N2CCCC2)cc1. The summed E-state index contributed by atoms with van der Waals surface area (Å²) >= 11 is 0. The Morgan fingerprint density at radius 2 is 1.52 bits per heavy atom. The minimum atomic E-state index is -3.58. The molecule has 0 spiro atoms. The summed E-state index contributed by atoms with van der Waals surface area (Å²) in [6.45, 7) is 0.817. The lowest BCUT2D eigenvalue weighted by Gasteiger charge is -2.22. The van der Waals surface area contributed by atoms with Crippen LogP contribution in [0.3, 0.4) is 0 Å². The molecule has 0 radical (unpaired) electrons. The van der Waals surface area contributed by atoms with Gasteiger partial charge in [-0.25, -0.2) is 8.42 Å². The van der Waals surface area contributed by atoms with E-state index in [2.05, 4.69) is 0 Å². The number of amides is 1. The van der Waals surface area contributed by atoms with E-state index in [9.17, 15) is 18.0 Å². The maximum absolute atomic E-state index is 13.2. The molecule has 9 nitrogen and oxygen atoms in total. The summed E-state index contributed by atoms with van der Waals surface area (Å²) < 4.78 is 42.2. The second-order valence-corrected chi connectivity index (χ2v) is 9.53. The van der Waals surface area contributed by atoms with Crippen molar-refractivity contribution in [3.8, 4) is 11.5 Å². The van der Waals surface area contributed by atoms with Gasteiger partial charge >= 0.3 is 5.97 Å². The minimum absolute atomic E-state index is 0.0926. The van der Waals surface area contributed by atoms with Crippen molar-refractivity contribution in [2.75, 3.05) is 41.0 Å². The Morgan fingerprint density at radius 1 is 0.939 bits per heavy atom. The molecular weight excluding hydrogens is 448 g/mol. The zero-order valence-corrected chi connectivity index (χ0v) is 19.8. The van der Waals surface area contributed by atoms with Gasteiger partial charge in [-0.3, -0.25) is 9.59 Å². The first kappa shape index (κ1) is 24.5. The number of rotatable bonds is 9. The number of esters is 1. The zero-order chi connectivity index (χ0) is 24.0. The number of carbonyl (C=O) groups excluding carboxylic acids is 2. The lowest BCUT2D eigenvalue weighted by atomic mass is 10.1. The minimum Gasteiger partial charge on any atom is -0.497 e. The quantitative estimate of drug-likeness (QED) is 0.512. The highest BCUT2D eigenvalue weighted by molar-refractivity contribution is 7.89. The molecule has 3 rings (SSSR count). The van der Waals surface area contributed by atoms with Crippen LogP contribution in [0, 0.1) is 0 Å². The Morgan fingerprint density at radius 3 is 2.03 bits per heavy atom. The molecule has 1 aliphatic heterocycles. The monoisotopic (exact) mass is 476 g/mol. The summed E-state index contributed by atoms with van der Waals surface area (Å²) in [5, 5.41) is 0. The van der Waals surface area contributed by atoms with Crippen molar-refractivity contribution >= 4 is 21.9 Å². The largest absolute Gasteiger partial charge is 0.497 e. The molecule has 0 saturated carbocycles. The van der Waals surface area contributed by atoms with Gasteiger partial charge in [0.15, 0.2) is 0 Å². The fraction of sp³-hybridized carbons (Fsp3) is 0.391. The average molecular weight is 477 g/mol. The molecule has 0 unspecified atom stereocenters. The van der Waals surface area contributed by atoms with Crippen molar-refractivity contribution in [1.29, 1.82) is 0 Å². The molecule has 0 N–H and O–H groups in total. The molecule has 1 saturated heterocycles. The van der Waals surface area contributed by atoms with E-state index >= 15 is 0 Å². The maximum Gasteiger partial charge on any atom is 0.325 e. The Kier molecular flexibility index (Phi) is 7.93. The molecule has 1 aliphatic rings. The third-order valence-corrected chi connectivity index (χ3v) is 7.34. The van der Waals surface area contributed by atoms with Crippen LogP contribution in [0.2, 0.25) is 0 Å². The summed E-state index contributed by atoms with van der Waals surface area (Å²) in [5.41, 5.74) is 0.950. The predicted molar refractivity (Wildman–Crippen MR) is 121 cm³/mol. The number of ether oxygens (including phenoxy) is 3. The van der Waals surface area contributed by atoms with Gasteiger partial charge in [-0.05, 0) is 54.8 Å². The van der Waals surface area contributed by atoms with Crippen LogP contribution >= 0.6 is 0 Å². The first-order chi connectivity index (χ1) is 15.8. The van der Waals surface area contributed by atoms with E-state index in [1.807, 2.05) is 0 Å². The molecule has 0 bridgehead atoms. The molecule has 1 heterocycles. The van der Waals surface area contributed by atoms with Crippen molar-refractivity contribution in [1.82, 2.24) is 9.21 Å². The van der Waals surface area contributed by atoms with Gasteiger partial charge in [-0.1, -0.05) is 0 Å². The van der Waals surface area contributed by atoms with E-state index in [4.69, 9.17) is 14.2 Å². The Hall–Kier alpha value is -3.11. The summed E-state index contributed by atoms with van der Waals surface area (Å²) in [4.78, 5) is 26.7. The van der Waals surface area contributed by atoms with E-state index in [0.717, 1.165) is 12.8 Å². The molecule has 0 aromatic heterocycles. The maximum atomic E-state index is 13.2. The molecule has 10 heteroatoms. The van der Waals surface area contributed by atoms with Gasteiger partial charge in [-0.15, -0.1) is 0 Å². The van der Waals surface area contributed by atoms with Gasteiger partial charge < -0.3 is 19.1 Å². The third-order valence-electron chi connectivity index (χ3n) is 5.42. The standard InChI is InChI=1S/C23H28N2O7S/c1-30-19-12-17(13-20(14-19)31-2)15-24(16-22(26)32-3)23(27)18-6-8-21(9-7-18)33(28,29)25-10-4-5-11-25/h6-9,12-14H,4-5,10-11,15-16H2,1-3H3. The number of benzene rings is 2. The highest BCUT2D eigenvalue weighted by Crippen LogP contribution is 2.25. The zero-order valence-electron chi connectivity index (χ0n) is 18.9. The van der Waals surface area contributed by atoms with Crippen LogP contribution < -0.4 is 9.47 Å². The Labute approximate surface area is 193 Å². The smallest absolute Gasteiger partial charge is 0.325 e. The van der Waals surface area contributed by atoms with Crippen LogP contribution in [0.1, 0.15) is 28.8 Å². The summed E-state index contributed by atoms with van der Waals surface area (Å²) in [6, 6.07) is 11.0. The Bertz CT molecular complexity index is 1070. The van der Waals surface area contributed by atoms with E-state index < -0.39 is 21.9 Å². The van der Waals surface area contributed by atoms with E-state index in [1.165, 1.54) is 54.8 Å². The van der Waals surface area contributed by atoms with Gasteiger partial charge in [0.25, 0.3) is 5.91 Å². The van der Waals surface area contributed by atoms with Crippen LogP contribution in [0.4, 0.5) is 0 Å². The molecule has 178 valence electrons. The summed E-state index contributed by atoms with van der Waals surface area (Å²) in [6.07, 6.45) is 1.68. The second-order valence-electron chi connectivity index (χ2n) is 7.59. The fourth-order valence-corrected chi connectivity index (χ4v) is 5.14. The van der Waals surface area contributed by atoms with E-state index in [1.54, 1.807) is 18.2 Å². The van der Waals surface area contributed by atoms with Crippen molar-refractivity contribution in [2.45, 2.75) is 24.3 Å². The predicted octanol–water partition coefficient (Wildman–Crippen LogP) is 2.30. The Balaban J connectivity index is 1.85. The van der Waals surface area contributed by atoms with Crippen LogP contribution in [0.25, 0.3) is 0 Å². The number of hydrogen-bond acceptors (Lipinski definition) is 7. The number of sulfonamides is 1. The molecule has 0 atom stereocenters. The van der Waals surface area contributed by atoms with Gasteiger partial charge in [-0.2, -0.15) is 4.31 Å². The number of methoxy groups -OCH3 is 3. The highest BCUT2D eigenvalue weighted by Gasteiger charge is 2.28. The van der Waals surface area contributed by atoms with Gasteiger partial charge in [0.1, 0.15) is 18.0 Å². The normalized spacial score (nSPS) is 14.0. The molecule has 1 amide bonds. The molecule has 33 heavy (non-hydrogen) atoms. The van der Waals surface area contributed by atoms with Crippen molar-refractivity contribution < 1.29 is 32.2 Å². The van der Waals surface area contributed by atoms with Crippen LogP contribution in [0.5, 0.6) is 11.5 Å². The molecular formula is C23H28N2O7S. The second kappa shape index (κ2) is 10.7. The van der Waals surface area contributed by atoms with Gasteiger partial charge in [0.2, 0.25) is 10.0 Å². The molecule has 0 aliphatic carbocycles. The number of nitrogens with zero attached hydrogens (tertiary/aromatic N) is 2. The number of carbonyl (C=O) groups is 2. The average Bonchev–Trinajstić information content (AvgIpc) is 3.39. The van der Waals surface area contributed by atoms with E-state index in [-0.39, 0.29) is 23.5 Å². The van der Waals surface area contributed by atoms with Crippen LogP contribution in [0.15, 0.2) is 47.4 Å². The fourth-order valence-electron chi connectivity index (χ4n) is 3.63. The first-order valence-corrected chi connectivity index (χ1v) is 11.9. The highest BCUT2D eigenvalue weighted by atomic mass is 32.2. The van der Waals surface area contributed by atoms with Crippen molar-refractivity contribution in [2.24, 2.45) is 0 Å². The van der Waals surface area contributed by atoms with Crippen molar-refractivity contribution in [3.63, 3.8) is 0 Å². The number of hydrogen-bond donors (Lipinski definition) is 0. The van der Waals surface area contributed by atoms with Crippen LogP contribution in [-0.2, 0) is 26.1 Å². The van der Waals surface area contributed by atoms with Crippen LogP contribution in [-0.4, -0.2) is 70.5 Å². The first-order valence-electron chi connectivity index (χ1n) is 10.5. The summed E-state index contributed by atoms with van der Waals surface area (Å²) in [7, 11) is 0.709. The molecule has 1 fully saturated rings. The lowest BCUT2D eigenvalue weighted by Crippen LogP contribution is -2.35. The van der Waals surface area contributed by atoms with E-state index in [0.29, 0.717) is 30.2 Å².